The Labute approximate surface area is 360 Å². The highest BCUT2D eigenvalue weighted by Gasteiger charge is 2.38. The zero-order valence-electron chi connectivity index (χ0n) is 36.3. The number of rotatable bonds is 15. The van der Waals surface area contributed by atoms with Gasteiger partial charge in [0.1, 0.15) is 23.7 Å². The van der Waals surface area contributed by atoms with E-state index in [9.17, 15) is 9.59 Å². The number of aromatic amines is 2. The maximum absolute atomic E-state index is 14.3. The number of amides is 2. The lowest BCUT2D eigenvalue weighted by Crippen LogP contribution is -2.43. The maximum Gasteiger partial charge on any atom is 0.245 e. The van der Waals surface area contributed by atoms with Gasteiger partial charge in [-0.15, -0.1) is 0 Å². The Balaban J connectivity index is 0.967. The predicted octanol–water partition coefficient (Wildman–Crippen LogP) is 9.63. The van der Waals surface area contributed by atoms with Gasteiger partial charge in [0.2, 0.25) is 11.8 Å². The van der Waals surface area contributed by atoms with E-state index < -0.39 is 0 Å². The van der Waals surface area contributed by atoms with Gasteiger partial charge in [0.05, 0.1) is 29.7 Å². The van der Waals surface area contributed by atoms with Crippen LogP contribution in [0.2, 0.25) is 0 Å². The summed E-state index contributed by atoms with van der Waals surface area (Å²) in [6.07, 6.45) is 6.62. The van der Waals surface area contributed by atoms with Crippen molar-refractivity contribution < 1.29 is 9.59 Å². The van der Waals surface area contributed by atoms with Crippen molar-refractivity contribution in [1.82, 2.24) is 40.0 Å². The topological polar surface area (TPSA) is 113 Å². The summed E-state index contributed by atoms with van der Waals surface area (Å²) in [5, 5.41) is 3.28. The number of hydrogen-bond donors (Lipinski definition) is 3. The van der Waals surface area contributed by atoms with E-state index in [-0.39, 0.29) is 36.0 Å². The molecule has 3 heterocycles. The van der Waals surface area contributed by atoms with Crippen LogP contribution < -0.4 is 5.32 Å². The monoisotopic (exact) mass is 816 g/mol. The quantitative estimate of drug-likeness (QED) is 0.0952. The lowest BCUT2D eigenvalue weighted by Gasteiger charge is -2.34. The molecule has 10 nitrogen and oxygen atoms in total. The van der Waals surface area contributed by atoms with Crippen molar-refractivity contribution in [2.45, 2.75) is 90.9 Å². The van der Waals surface area contributed by atoms with Crippen LogP contribution in [0.25, 0.3) is 33.6 Å². The standard InChI is InChI=1S/C51H60N8O2/c1-6-57(7-2)46(37-18-12-10-13-19-37)50(60)53-34(5)48-54-42-23-16-22-40-32-39(29-30-41(40)45(42)56-48)35-25-27-36(28-26-35)43-33-52-49(55-43)44-24-17-31-59(44)51(61)47(58(8-3)9-4)38-20-14-11-15-21-38/h10-15,18-21,25-30,32-34,44,46-47H,6-9,16-17,22-24,31H2,1-5H3,(H,52,55)(H,53,60)(H,54,56)/t34-,44-,46+,47+/m0/s1. The summed E-state index contributed by atoms with van der Waals surface area (Å²) in [5.41, 5.74) is 10.9. The number of likely N-dealkylation sites (N-methyl/N-ethyl adjacent to an activating group) is 2. The summed E-state index contributed by atoms with van der Waals surface area (Å²) in [7, 11) is 0. The first-order chi connectivity index (χ1) is 29.8. The van der Waals surface area contributed by atoms with Gasteiger partial charge in [-0.2, -0.15) is 0 Å². The second-order valence-corrected chi connectivity index (χ2v) is 16.4. The molecule has 0 radical (unpaired) electrons. The van der Waals surface area contributed by atoms with Crippen molar-refractivity contribution in [2.24, 2.45) is 0 Å². The molecule has 0 bridgehead atoms. The largest absolute Gasteiger partial charge is 0.345 e. The van der Waals surface area contributed by atoms with Gasteiger partial charge < -0.3 is 20.2 Å². The number of nitrogens with one attached hydrogen (secondary N) is 3. The van der Waals surface area contributed by atoms with E-state index in [1.807, 2.05) is 66.6 Å². The fourth-order valence-electron chi connectivity index (χ4n) is 9.52. The average molecular weight is 817 g/mol. The van der Waals surface area contributed by atoms with Crippen LogP contribution in [0.3, 0.4) is 0 Å². The molecule has 2 aliphatic rings. The summed E-state index contributed by atoms with van der Waals surface area (Å²) in [6, 6.07) is 34.5. The number of likely N-dealkylation sites (tertiary alicyclic amines) is 1. The molecule has 1 saturated heterocycles. The molecule has 1 aliphatic heterocycles. The third-order valence-corrected chi connectivity index (χ3v) is 12.8. The zero-order chi connectivity index (χ0) is 42.5. The number of imidazole rings is 2. The Morgan fingerprint density at radius 2 is 1.38 bits per heavy atom. The van der Waals surface area contributed by atoms with Gasteiger partial charge in [-0.05, 0) is 98.6 Å². The van der Waals surface area contributed by atoms with Crippen LogP contribution in [-0.2, 0) is 22.4 Å². The van der Waals surface area contributed by atoms with Crippen molar-refractivity contribution in [1.29, 1.82) is 0 Å². The number of aromatic nitrogens is 4. The summed E-state index contributed by atoms with van der Waals surface area (Å²) in [5.74, 6) is 1.75. The molecule has 1 aliphatic carbocycles. The third kappa shape index (κ3) is 8.70. The maximum atomic E-state index is 14.3. The number of benzene rings is 4. The Hall–Kier alpha value is -5.84. The van der Waals surface area contributed by atoms with Crippen LogP contribution in [0.15, 0.2) is 109 Å². The van der Waals surface area contributed by atoms with Crippen molar-refractivity contribution in [3.8, 4) is 33.6 Å². The van der Waals surface area contributed by atoms with E-state index in [1.165, 1.54) is 11.1 Å². The van der Waals surface area contributed by atoms with Crippen LogP contribution in [0.4, 0.5) is 0 Å². The van der Waals surface area contributed by atoms with Gasteiger partial charge in [0.25, 0.3) is 0 Å². The Morgan fingerprint density at radius 1 is 0.754 bits per heavy atom. The van der Waals surface area contributed by atoms with Gasteiger partial charge >= 0.3 is 0 Å². The normalized spacial score (nSPS) is 16.5. The first-order valence-corrected chi connectivity index (χ1v) is 22.4. The van der Waals surface area contributed by atoms with E-state index in [0.29, 0.717) is 0 Å². The number of carbonyl (C=O) groups excluding carboxylic acids is 2. The first kappa shape index (κ1) is 41.9. The lowest BCUT2D eigenvalue weighted by molar-refractivity contribution is -0.138. The minimum atomic E-state index is -0.368. The molecule has 2 amide bonds. The highest BCUT2D eigenvalue weighted by molar-refractivity contribution is 5.84. The van der Waals surface area contributed by atoms with E-state index in [0.717, 1.165) is 121 Å². The van der Waals surface area contributed by atoms with E-state index in [1.54, 1.807) is 0 Å². The van der Waals surface area contributed by atoms with Gasteiger partial charge in [-0.1, -0.05) is 131 Å². The molecular weight excluding hydrogens is 757 g/mol. The number of aryl methyl sites for hydroxylation is 2. The molecule has 6 aromatic rings. The lowest BCUT2D eigenvalue weighted by atomic mass is 9.95. The molecule has 2 aromatic heterocycles. The molecule has 3 N–H and O–H groups in total. The van der Waals surface area contributed by atoms with E-state index >= 15 is 0 Å². The van der Waals surface area contributed by atoms with Crippen molar-refractivity contribution in [3.63, 3.8) is 0 Å². The Kier molecular flexibility index (Phi) is 12.9. The average Bonchev–Trinajstić information content (AvgIpc) is 4.07. The predicted molar refractivity (Wildman–Crippen MR) is 244 cm³/mol. The van der Waals surface area contributed by atoms with Gasteiger partial charge in [0, 0.05) is 17.8 Å². The smallest absolute Gasteiger partial charge is 0.245 e. The first-order valence-electron chi connectivity index (χ1n) is 22.4. The molecule has 0 spiro atoms. The Bertz CT molecular complexity index is 2400. The summed E-state index contributed by atoms with van der Waals surface area (Å²) in [4.78, 5) is 51.8. The van der Waals surface area contributed by atoms with Gasteiger partial charge in [0.15, 0.2) is 0 Å². The van der Waals surface area contributed by atoms with Gasteiger partial charge in [-0.3, -0.25) is 19.4 Å². The fraction of sp³-hybridized carbons (Fsp3) is 0.373. The Morgan fingerprint density at radius 3 is 2.05 bits per heavy atom. The molecule has 0 unspecified atom stereocenters. The molecule has 0 saturated carbocycles. The molecule has 8 rings (SSSR count). The number of H-pyrrole nitrogens is 2. The van der Waals surface area contributed by atoms with E-state index in [4.69, 9.17) is 9.97 Å². The van der Waals surface area contributed by atoms with Gasteiger partial charge in [-0.25, -0.2) is 9.97 Å². The van der Waals surface area contributed by atoms with Crippen LogP contribution >= 0.6 is 0 Å². The van der Waals surface area contributed by atoms with Crippen molar-refractivity contribution in [3.05, 3.63) is 143 Å². The molecule has 316 valence electrons. The number of nitrogens with zero attached hydrogens (tertiary/aromatic N) is 5. The summed E-state index contributed by atoms with van der Waals surface area (Å²) < 4.78 is 0. The minimum Gasteiger partial charge on any atom is -0.345 e. The zero-order valence-corrected chi connectivity index (χ0v) is 36.3. The minimum absolute atomic E-state index is 0.0198. The molecule has 4 aromatic carbocycles. The highest BCUT2D eigenvalue weighted by Crippen LogP contribution is 2.38. The molecule has 61 heavy (non-hydrogen) atoms. The summed E-state index contributed by atoms with van der Waals surface area (Å²) in [6.45, 7) is 14.3. The second kappa shape index (κ2) is 18.8. The fourth-order valence-corrected chi connectivity index (χ4v) is 9.52. The number of carbonyl (C=O) groups is 2. The third-order valence-electron chi connectivity index (χ3n) is 12.8. The molecular formula is C51H60N8O2. The van der Waals surface area contributed by atoms with Crippen LogP contribution in [-0.4, -0.2) is 79.2 Å². The number of fused-ring (bicyclic) bond motifs is 3. The molecule has 1 fully saturated rings. The highest BCUT2D eigenvalue weighted by atomic mass is 16.2. The molecule has 10 heteroatoms. The van der Waals surface area contributed by atoms with E-state index in [2.05, 4.69) is 107 Å². The van der Waals surface area contributed by atoms with Crippen molar-refractivity contribution >= 4 is 11.8 Å². The van der Waals surface area contributed by atoms with Crippen LogP contribution in [0.5, 0.6) is 0 Å². The second-order valence-electron chi connectivity index (χ2n) is 16.4. The van der Waals surface area contributed by atoms with Crippen LogP contribution in [0.1, 0.15) is 112 Å². The number of hydrogen-bond acceptors (Lipinski definition) is 6. The molecule has 4 atom stereocenters. The van der Waals surface area contributed by atoms with Crippen LogP contribution in [0, 0.1) is 0 Å². The SMILES string of the molecule is CCN(CC)[C@@H](C(=O)N[C@@H](C)c1nc2c([nH]1)CCCc1cc(-c3ccc(-c4cnc([C@@H]5CCCN5C(=O)[C@@H](c5ccccc5)N(CC)CC)[nH]4)cc3)ccc1-2)c1ccccc1. The van der Waals surface area contributed by atoms with Crippen molar-refractivity contribution in [2.75, 3.05) is 32.7 Å². The summed E-state index contributed by atoms with van der Waals surface area (Å²) >= 11 is 0.